The van der Waals surface area contributed by atoms with Gasteiger partial charge in [-0.25, -0.2) is 0 Å². The smallest absolute Gasteiger partial charge is 0.276 e. The first-order valence-electron chi connectivity index (χ1n) is 5.50. The standard InChI is InChI=1S/C12H16N4O/c1-12(2,3)11-15-10(17-16-11)9-5-4-8(6-13)7-14-9/h4-5,7H,6,13H2,1-3H3. The third kappa shape index (κ3) is 2.50. The van der Waals surface area contributed by atoms with Crippen LogP contribution in [-0.4, -0.2) is 15.1 Å². The van der Waals surface area contributed by atoms with Gasteiger partial charge in [0, 0.05) is 18.2 Å². The van der Waals surface area contributed by atoms with Crippen molar-refractivity contribution in [2.45, 2.75) is 32.7 Å². The average Bonchev–Trinajstić information content (AvgIpc) is 2.78. The van der Waals surface area contributed by atoms with E-state index in [0.717, 1.165) is 5.56 Å². The van der Waals surface area contributed by atoms with Crippen molar-refractivity contribution in [1.82, 2.24) is 15.1 Å². The molecule has 0 bridgehead atoms. The first-order chi connectivity index (χ1) is 8.00. The van der Waals surface area contributed by atoms with Gasteiger partial charge in [-0.2, -0.15) is 4.98 Å². The molecule has 2 N–H and O–H groups in total. The van der Waals surface area contributed by atoms with Gasteiger partial charge < -0.3 is 10.3 Å². The van der Waals surface area contributed by atoms with Crippen LogP contribution >= 0.6 is 0 Å². The molecule has 2 aromatic rings. The minimum Gasteiger partial charge on any atom is -0.332 e. The summed E-state index contributed by atoms with van der Waals surface area (Å²) in [7, 11) is 0. The van der Waals surface area contributed by atoms with Crippen molar-refractivity contribution in [3.8, 4) is 11.6 Å². The lowest BCUT2D eigenvalue weighted by Crippen LogP contribution is -2.13. The fourth-order valence-corrected chi connectivity index (χ4v) is 1.30. The Morgan fingerprint density at radius 3 is 2.53 bits per heavy atom. The average molecular weight is 232 g/mol. The van der Waals surface area contributed by atoms with Gasteiger partial charge in [-0.15, -0.1) is 0 Å². The van der Waals surface area contributed by atoms with E-state index in [9.17, 15) is 0 Å². The second-order valence-electron chi connectivity index (χ2n) is 4.93. The van der Waals surface area contributed by atoms with Crippen LogP contribution in [-0.2, 0) is 12.0 Å². The Labute approximate surface area is 100 Å². The largest absolute Gasteiger partial charge is 0.332 e. The summed E-state index contributed by atoms with van der Waals surface area (Å²) in [6.07, 6.45) is 1.72. The fraction of sp³-hybridized carbons (Fsp3) is 0.417. The highest BCUT2D eigenvalue weighted by atomic mass is 16.5. The lowest BCUT2D eigenvalue weighted by molar-refractivity contribution is 0.401. The molecule has 0 atom stereocenters. The summed E-state index contributed by atoms with van der Waals surface area (Å²) in [6, 6.07) is 3.74. The minimum absolute atomic E-state index is 0.126. The summed E-state index contributed by atoms with van der Waals surface area (Å²) in [5.41, 5.74) is 7.03. The number of hydrogen-bond donors (Lipinski definition) is 1. The number of hydrogen-bond acceptors (Lipinski definition) is 5. The van der Waals surface area contributed by atoms with Crippen molar-refractivity contribution in [1.29, 1.82) is 0 Å². The Kier molecular flexibility index (Phi) is 2.93. The predicted octanol–water partition coefficient (Wildman–Crippen LogP) is 1.89. The second kappa shape index (κ2) is 4.25. The highest BCUT2D eigenvalue weighted by Gasteiger charge is 2.21. The van der Waals surface area contributed by atoms with Crippen LogP contribution in [0.4, 0.5) is 0 Å². The zero-order chi connectivity index (χ0) is 12.5. The highest BCUT2D eigenvalue weighted by molar-refractivity contribution is 5.46. The van der Waals surface area contributed by atoms with Gasteiger partial charge >= 0.3 is 0 Å². The van der Waals surface area contributed by atoms with Crippen LogP contribution in [0, 0.1) is 0 Å². The molecule has 5 nitrogen and oxygen atoms in total. The molecule has 2 aromatic heterocycles. The van der Waals surface area contributed by atoms with Crippen molar-refractivity contribution in [3.63, 3.8) is 0 Å². The van der Waals surface area contributed by atoms with Gasteiger partial charge in [-0.1, -0.05) is 32.0 Å². The van der Waals surface area contributed by atoms with Crippen molar-refractivity contribution in [2.75, 3.05) is 0 Å². The zero-order valence-corrected chi connectivity index (χ0v) is 10.3. The molecule has 0 unspecified atom stereocenters. The molecule has 0 saturated carbocycles. The molecule has 17 heavy (non-hydrogen) atoms. The minimum atomic E-state index is -0.126. The molecular weight excluding hydrogens is 216 g/mol. The van der Waals surface area contributed by atoms with Gasteiger partial charge in [0.05, 0.1) is 0 Å². The van der Waals surface area contributed by atoms with Crippen LogP contribution < -0.4 is 5.73 Å². The Balaban J connectivity index is 2.30. The molecule has 0 radical (unpaired) electrons. The summed E-state index contributed by atoms with van der Waals surface area (Å²) >= 11 is 0. The van der Waals surface area contributed by atoms with Crippen LogP contribution in [0.15, 0.2) is 22.9 Å². The molecule has 0 saturated heterocycles. The van der Waals surface area contributed by atoms with Gasteiger partial charge in [0.25, 0.3) is 5.89 Å². The molecule has 0 spiro atoms. The molecule has 90 valence electrons. The number of nitrogens with zero attached hydrogens (tertiary/aromatic N) is 3. The van der Waals surface area contributed by atoms with Gasteiger partial charge in [0.1, 0.15) is 5.69 Å². The Bertz CT molecular complexity index is 496. The molecule has 0 fully saturated rings. The third-order valence-electron chi connectivity index (χ3n) is 2.38. The third-order valence-corrected chi connectivity index (χ3v) is 2.38. The van der Waals surface area contributed by atoms with Gasteiger partial charge in [-0.05, 0) is 11.6 Å². The number of aromatic nitrogens is 3. The number of pyridine rings is 1. The first-order valence-corrected chi connectivity index (χ1v) is 5.50. The van der Waals surface area contributed by atoms with E-state index in [0.29, 0.717) is 24.0 Å². The quantitative estimate of drug-likeness (QED) is 0.855. The molecule has 2 heterocycles. The van der Waals surface area contributed by atoms with E-state index in [1.165, 1.54) is 0 Å². The fourth-order valence-electron chi connectivity index (χ4n) is 1.30. The summed E-state index contributed by atoms with van der Waals surface area (Å²) in [5, 5.41) is 3.96. The van der Waals surface area contributed by atoms with Crippen LogP contribution in [0.25, 0.3) is 11.6 Å². The Morgan fingerprint density at radius 1 is 1.29 bits per heavy atom. The van der Waals surface area contributed by atoms with E-state index in [1.54, 1.807) is 6.20 Å². The maximum Gasteiger partial charge on any atom is 0.276 e. The molecule has 5 heteroatoms. The van der Waals surface area contributed by atoms with E-state index < -0.39 is 0 Å². The Hall–Kier alpha value is -1.75. The monoisotopic (exact) mass is 232 g/mol. The molecule has 0 aliphatic carbocycles. The van der Waals surface area contributed by atoms with E-state index in [-0.39, 0.29) is 5.41 Å². The number of rotatable bonds is 2. The Morgan fingerprint density at radius 2 is 2.06 bits per heavy atom. The van der Waals surface area contributed by atoms with Crippen LogP contribution in [0.2, 0.25) is 0 Å². The van der Waals surface area contributed by atoms with E-state index in [4.69, 9.17) is 10.3 Å². The van der Waals surface area contributed by atoms with E-state index in [1.807, 2.05) is 32.9 Å². The maximum atomic E-state index is 5.51. The van der Waals surface area contributed by atoms with Crippen molar-refractivity contribution in [3.05, 3.63) is 29.7 Å². The lowest BCUT2D eigenvalue weighted by atomic mass is 9.96. The van der Waals surface area contributed by atoms with E-state index >= 15 is 0 Å². The summed E-state index contributed by atoms with van der Waals surface area (Å²) < 4.78 is 5.20. The normalized spacial score (nSPS) is 11.8. The van der Waals surface area contributed by atoms with Gasteiger partial charge in [0.2, 0.25) is 0 Å². The van der Waals surface area contributed by atoms with Gasteiger partial charge in [-0.3, -0.25) is 4.98 Å². The van der Waals surface area contributed by atoms with Crippen molar-refractivity contribution in [2.24, 2.45) is 5.73 Å². The van der Waals surface area contributed by atoms with Crippen LogP contribution in [0.3, 0.4) is 0 Å². The number of nitrogens with two attached hydrogens (primary N) is 1. The van der Waals surface area contributed by atoms with Gasteiger partial charge in [0.15, 0.2) is 5.82 Å². The summed E-state index contributed by atoms with van der Waals surface area (Å²) in [5.74, 6) is 1.12. The molecule has 0 aliphatic heterocycles. The summed E-state index contributed by atoms with van der Waals surface area (Å²) in [4.78, 5) is 8.57. The molecule has 0 aromatic carbocycles. The molecule has 2 rings (SSSR count). The SMILES string of the molecule is CC(C)(C)c1noc(-c2ccc(CN)cn2)n1. The van der Waals surface area contributed by atoms with E-state index in [2.05, 4.69) is 15.1 Å². The van der Waals surface area contributed by atoms with Crippen LogP contribution in [0.1, 0.15) is 32.2 Å². The van der Waals surface area contributed by atoms with Crippen molar-refractivity contribution < 1.29 is 4.52 Å². The van der Waals surface area contributed by atoms with Crippen LogP contribution in [0.5, 0.6) is 0 Å². The first kappa shape index (κ1) is 11.7. The van der Waals surface area contributed by atoms with Crippen molar-refractivity contribution >= 4 is 0 Å². The topological polar surface area (TPSA) is 77.8 Å². The highest BCUT2D eigenvalue weighted by Crippen LogP contribution is 2.22. The zero-order valence-electron chi connectivity index (χ0n) is 10.3. The lowest BCUT2D eigenvalue weighted by Gasteiger charge is -2.10. The summed E-state index contributed by atoms with van der Waals surface area (Å²) in [6.45, 7) is 6.58. The predicted molar refractivity (Wildman–Crippen MR) is 64.1 cm³/mol. The second-order valence-corrected chi connectivity index (χ2v) is 4.93. The maximum absolute atomic E-state index is 5.51. The molecular formula is C12H16N4O. The molecule has 0 amide bonds. The molecule has 0 aliphatic rings.